The van der Waals surface area contributed by atoms with Crippen molar-refractivity contribution in [1.29, 1.82) is 0 Å². The molecule has 0 fully saturated rings. The molecule has 1 aliphatic heterocycles. The number of halogens is 2. The van der Waals surface area contributed by atoms with E-state index in [4.69, 9.17) is 27.9 Å². The number of ether oxygens (including phenoxy) is 1. The Morgan fingerprint density at radius 1 is 0.681 bits per heavy atom. The zero-order valence-corrected chi connectivity index (χ0v) is 27.2. The molecule has 0 bridgehead atoms. The Morgan fingerprint density at radius 2 is 1.30 bits per heavy atom. The largest absolute Gasteiger partial charge is 0.453 e. The van der Waals surface area contributed by atoms with Crippen LogP contribution in [0.3, 0.4) is 0 Å². The van der Waals surface area contributed by atoms with Crippen LogP contribution in [-0.2, 0) is 6.54 Å². The first-order valence-corrected chi connectivity index (χ1v) is 15.8. The van der Waals surface area contributed by atoms with Gasteiger partial charge in [0.15, 0.2) is 11.5 Å². The second kappa shape index (κ2) is 12.5. The van der Waals surface area contributed by atoms with E-state index in [0.29, 0.717) is 49.7 Å². The van der Waals surface area contributed by atoms with Crippen LogP contribution >= 0.6 is 23.2 Å². The maximum absolute atomic E-state index is 14.5. The number of amides is 2. The van der Waals surface area contributed by atoms with E-state index < -0.39 is 0 Å². The number of hydrogen-bond acceptors (Lipinski definition) is 4. The zero-order chi connectivity index (χ0) is 32.7. The monoisotopic (exact) mass is 657 g/mol. The van der Waals surface area contributed by atoms with Crippen molar-refractivity contribution in [2.24, 2.45) is 0 Å². The lowest BCUT2D eigenvalue weighted by Gasteiger charge is -2.35. The summed E-state index contributed by atoms with van der Waals surface area (Å²) in [6.45, 7) is 0.275. The zero-order valence-electron chi connectivity index (χ0n) is 25.7. The quantitative estimate of drug-likeness (QED) is 0.179. The van der Waals surface area contributed by atoms with Gasteiger partial charge >= 0.3 is 0 Å². The molecule has 0 atom stereocenters. The van der Waals surface area contributed by atoms with Crippen LogP contribution in [0.2, 0.25) is 10.0 Å². The molecule has 0 aromatic heterocycles. The Labute approximate surface area is 282 Å². The van der Waals surface area contributed by atoms with Gasteiger partial charge in [0, 0.05) is 42.7 Å². The molecule has 6 nitrogen and oxygen atoms in total. The minimum atomic E-state index is -0.301. The SMILES string of the molecule is CN(C)c1ccc2c(c1)Oc1cc(N(Cc3ccccc3)C(=O)c3ccccc3Cl)c3ccccc3c1N2C(=O)c1ccccc1Cl. The molecule has 0 saturated heterocycles. The molecule has 6 aromatic rings. The van der Waals surface area contributed by atoms with Gasteiger partial charge in [0.2, 0.25) is 0 Å². The lowest BCUT2D eigenvalue weighted by atomic mass is 10.00. The Morgan fingerprint density at radius 3 is 1.98 bits per heavy atom. The first-order chi connectivity index (χ1) is 22.8. The van der Waals surface area contributed by atoms with Crippen LogP contribution in [0.4, 0.5) is 22.7 Å². The number of anilines is 4. The summed E-state index contributed by atoms with van der Waals surface area (Å²) in [5.41, 5.74) is 4.33. The smallest absolute Gasteiger partial charge is 0.264 e. The summed E-state index contributed by atoms with van der Waals surface area (Å²) >= 11 is 13.2. The molecule has 47 heavy (non-hydrogen) atoms. The molecule has 0 radical (unpaired) electrons. The van der Waals surface area contributed by atoms with Crippen molar-refractivity contribution in [2.75, 3.05) is 28.8 Å². The third kappa shape index (κ3) is 5.56. The highest BCUT2D eigenvalue weighted by molar-refractivity contribution is 6.36. The van der Waals surface area contributed by atoms with E-state index in [2.05, 4.69) is 0 Å². The Kier molecular flexibility index (Phi) is 8.06. The Hall–Kier alpha value is -5.30. The van der Waals surface area contributed by atoms with Crippen molar-refractivity contribution < 1.29 is 14.3 Å². The van der Waals surface area contributed by atoms with Crippen LogP contribution < -0.4 is 19.4 Å². The molecule has 0 saturated carbocycles. The van der Waals surface area contributed by atoms with Crippen LogP contribution in [0, 0.1) is 0 Å². The van der Waals surface area contributed by atoms with Crippen molar-refractivity contribution in [1.82, 2.24) is 0 Å². The molecule has 6 aromatic carbocycles. The van der Waals surface area contributed by atoms with Crippen molar-refractivity contribution in [2.45, 2.75) is 6.54 Å². The second-order valence-electron chi connectivity index (χ2n) is 11.4. The first kappa shape index (κ1) is 30.4. The molecule has 1 aliphatic rings. The van der Waals surface area contributed by atoms with Gasteiger partial charge in [0.05, 0.1) is 39.1 Å². The number of carbonyl (C=O) groups is 2. The maximum Gasteiger partial charge on any atom is 0.264 e. The molecular weight excluding hydrogens is 629 g/mol. The summed E-state index contributed by atoms with van der Waals surface area (Å²) in [5.74, 6) is 0.356. The molecule has 0 aliphatic carbocycles. The second-order valence-corrected chi connectivity index (χ2v) is 12.2. The van der Waals surface area contributed by atoms with Gasteiger partial charge in [-0.05, 0) is 42.0 Å². The van der Waals surface area contributed by atoms with Gasteiger partial charge in [-0.2, -0.15) is 0 Å². The summed E-state index contributed by atoms with van der Waals surface area (Å²) in [5, 5.41) is 2.19. The molecule has 7 rings (SSSR count). The normalized spacial score (nSPS) is 11.8. The van der Waals surface area contributed by atoms with Crippen molar-refractivity contribution >= 4 is 68.5 Å². The maximum atomic E-state index is 14.5. The third-order valence-electron chi connectivity index (χ3n) is 8.23. The van der Waals surface area contributed by atoms with E-state index in [0.717, 1.165) is 22.0 Å². The Bertz CT molecular complexity index is 2170. The van der Waals surface area contributed by atoms with E-state index in [1.807, 2.05) is 97.9 Å². The third-order valence-corrected chi connectivity index (χ3v) is 8.89. The van der Waals surface area contributed by atoms with E-state index in [-0.39, 0.29) is 18.4 Å². The van der Waals surface area contributed by atoms with Gasteiger partial charge in [0.1, 0.15) is 5.69 Å². The van der Waals surface area contributed by atoms with Crippen LogP contribution in [0.15, 0.2) is 127 Å². The van der Waals surface area contributed by atoms with Crippen LogP contribution in [0.25, 0.3) is 10.8 Å². The number of rotatable bonds is 6. The molecular formula is C39H29Cl2N3O3. The van der Waals surface area contributed by atoms with Gasteiger partial charge < -0.3 is 14.5 Å². The highest BCUT2D eigenvalue weighted by Gasteiger charge is 2.35. The highest BCUT2D eigenvalue weighted by Crippen LogP contribution is 2.53. The first-order valence-electron chi connectivity index (χ1n) is 15.1. The average molecular weight is 659 g/mol. The summed E-state index contributed by atoms with van der Waals surface area (Å²) < 4.78 is 6.66. The predicted octanol–water partition coefficient (Wildman–Crippen LogP) is 10.1. The van der Waals surface area contributed by atoms with Crippen molar-refractivity contribution in [3.8, 4) is 11.5 Å². The van der Waals surface area contributed by atoms with Gasteiger partial charge in [-0.25, -0.2) is 0 Å². The van der Waals surface area contributed by atoms with Crippen molar-refractivity contribution in [3.05, 3.63) is 154 Å². The molecule has 8 heteroatoms. The molecule has 0 N–H and O–H groups in total. The van der Waals surface area contributed by atoms with E-state index in [9.17, 15) is 9.59 Å². The van der Waals surface area contributed by atoms with Gasteiger partial charge in [0.25, 0.3) is 11.8 Å². The fourth-order valence-corrected chi connectivity index (χ4v) is 6.35. The van der Waals surface area contributed by atoms with E-state index in [1.165, 1.54) is 0 Å². The lowest BCUT2D eigenvalue weighted by Crippen LogP contribution is -2.32. The minimum Gasteiger partial charge on any atom is -0.453 e. The van der Waals surface area contributed by atoms with Crippen LogP contribution in [0.5, 0.6) is 11.5 Å². The molecule has 0 unspecified atom stereocenters. The topological polar surface area (TPSA) is 53.1 Å². The predicted molar refractivity (Wildman–Crippen MR) is 191 cm³/mol. The van der Waals surface area contributed by atoms with Crippen LogP contribution in [-0.4, -0.2) is 25.9 Å². The summed E-state index contributed by atoms with van der Waals surface area (Å²) in [7, 11) is 3.89. The van der Waals surface area contributed by atoms with E-state index in [1.54, 1.807) is 58.3 Å². The minimum absolute atomic E-state index is 0.264. The number of carbonyl (C=O) groups excluding carboxylic acids is 2. The van der Waals surface area contributed by atoms with Gasteiger partial charge in [-0.15, -0.1) is 0 Å². The van der Waals surface area contributed by atoms with Gasteiger partial charge in [-0.1, -0.05) is 102 Å². The molecule has 232 valence electrons. The standard InChI is InChI=1S/C39H29Cl2N3O3/c1-42(2)26-20-21-33-35(22-26)47-36-23-34(43(24-25-12-4-3-5-13-25)38(45)29-16-8-10-18-31(29)40)27-14-6-7-15-28(27)37(36)44(33)39(46)30-17-9-11-19-32(30)41/h3-23H,24H2,1-2H3. The molecule has 2 amide bonds. The summed E-state index contributed by atoms with van der Waals surface area (Å²) in [6.07, 6.45) is 0. The Balaban J connectivity index is 1.48. The number of benzene rings is 6. The summed E-state index contributed by atoms with van der Waals surface area (Å²) in [4.78, 5) is 34.3. The molecule has 0 spiro atoms. The lowest BCUT2D eigenvalue weighted by molar-refractivity contribution is 0.0981. The number of hydrogen-bond donors (Lipinski definition) is 0. The number of fused-ring (bicyclic) bond motifs is 4. The van der Waals surface area contributed by atoms with Gasteiger partial charge in [-0.3, -0.25) is 14.5 Å². The summed E-state index contributed by atoms with van der Waals surface area (Å²) in [6, 6.07) is 39.1. The fourth-order valence-electron chi connectivity index (χ4n) is 5.91. The van der Waals surface area contributed by atoms with E-state index >= 15 is 0 Å². The average Bonchev–Trinajstić information content (AvgIpc) is 3.09. The van der Waals surface area contributed by atoms with Crippen LogP contribution in [0.1, 0.15) is 26.3 Å². The van der Waals surface area contributed by atoms with Crippen molar-refractivity contribution in [3.63, 3.8) is 0 Å². The molecule has 1 heterocycles. The fraction of sp³-hybridized carbons (Fsp3) is 0.0769. The number of nitrogens with zero attached hydrogens (tertiary/aromatic N) is 3. The highest BCUT2D eigenvalue weighted by atomic mass is 35.5.